The first kappa shape index (κ1) is 12.6. The molecule has 5 heteroatoms. The minimum atomic E-state index is -0.550. The molecule has 17 heavy (non-hydrogen) atoms. The van der Waals surface area contributed by atoms with Crippen LogP contribution in [0, 0.1) is 39.4 Å². The molecule has 0 saturated carbocycles. The molecule has 0 aliphatic carbocycles. The summed E-state index contributed by atoms with van der Waals surface area (Å²) in [4.78, 5) is 0. The van der Waals surface area contributed by atoms with Gasteiger partial charge in [0.2, 0.25) is 5.88 Å². The van der Waals surface area contributed by atoms with Gasteiger partial charge in [-0.05, 0) is 0 Å². The summed E-state index contributed by atoms with van der Waals surface area (Å²) >= 11 is 0. The van der Waals surface area contributed by atoms with Crippen molar-refractivity contribution in [3.63, 3.8) is 0 Å². The van der Waals surface area contributed by atoms with Crippen molar-refractivity contribution in [1.29, 1.82) is 15.8 Å². The van der Waals surface area contributed by atoms with E-state index in [-0.39, 0.29) is 22.4 Å². The lowest BCUT2D eigenvalue weighted by Crippen LogP contribution is -2.29. The average molecular weight is 228 g/mol. The zero-order valence-electron chi connectivity index (χ0n) is 9.90. The Bertz CT molecular complexity index is 513. The number of ether oxygens (including phenoxy) is 1. The fourth-order valence-electron chi connectivity index (χ4n) is 1.64. The summed E-state index contributed by atoms with van der Waals surface area (Å²) < 4.78 is 5.40. The first-order chi connectivity index (χ1) is 7.86. The standard InChI is InChI=1S/C12H12N4O/c1-12(2,3)10-9(7(4-13)5-14)8(6-15)11(16)17-10/h10H,16H2,1-3H3/t10-/m0/s1. The van der Waals surface area contributed by atoms with E-state index in [1.165, 1.54) is 0 Å². The van der Waals surface area contributed by atoms with Crippen molar-refractivity contribution in [2.24, 2.45) is 11.1 Å². The molecule has 86 valence electrons. The molecular weight excluding hydrogens is 216 g/mol. The zero-order valence-corrected chi connectivity index (χ0v) is 9.90. The van der Waals surface area contributed by atoms with Crippen molar-refractivity contribution in [1.82, 2.24) is 0 Å². The first-order valence-electron chi connectivity index (χ1n) is 4.98. The number of hydrogen-bond donors (Lipinski definition) is 1. The van der Waals surface area contributed by atoms with Crippen molar-refractivity contribution in [3.05, 3.63) is 22.6 Å². The van der Waals surface area contributed by atoms with Crippen molar-refractivity contribution >= 4 is 0 Å². The molecule has 0 aromatic heterocycles. The van der Waals surface area contributed by atoms with Crippen LogP contribution in [0.4, 0.5) is 0 Å². The molecule has 0 radical (unpaired) electrons. The van der Waals surface area contributed by atoms with Crippen LogP contribution in [0.25, 0.3) is 0 Å². The van der Waals surface area contributed by atoms with Crippen LogP contribution in [0.2, 0.25) is 0 Å². The van der Waals surface area contributed by atoms with Crippen LogP contribution in [0.3, 0.4) is 0 Å². The number of nitrogens with zero attached hydrogens (tertiary/aromatic N) is 3. The minimum absolute atomic E-state index is 0.0228. The van der Waals surface area contributed by atoms with Gasteiger partial charge in [-0.1, -0.05) is 20.8 Å². The maximum Gasteiger partial charge on any atom is 0.203 e. The Morgan fingerprint density at radius 3 is 2.12 bits per heavy atom. The van der Waals surface area contributed by atoms with Gasteiger partial charge in [0, 0.05) is 11.0 Å². The molecule has 0 fully saturated rings. The lowest BCUT2D eigenvalue weighted by molar-refractivity contribution is 0.0708. The number of nitrogens with two attached hydrogens (primary N) is 1. The molecular formula is C12H12N4O. The highest BCUT2D eigenvalue weighted by Crippen LogP contribution is 2.39. The smallest absolute Gasteiger partial charge is 0.203 e. The van der Waals surface area contributed by atoms with Gasteiger partial charge >= 0.3 is 0 Å². The summed E-state index contributed by atoms with van der Waals surface area (Å²) in [5.41, 5.74) is 5.49. The Morgan fingerprint density at radius 1 is 1.24 bits per heavy atom. The van der Waals surface area contributed by atoms with Crippen molar-refractivity contribution in [2.45, 2.75) is 26.9 Å². The molecule has 1 heterocycles. The minimum Gasteiger partial charge on any atom is -0.470 e. The third-order valence-electron chi connectivity index (χ3n) is 2.41. The monoisotopic (exact) mass is 228 g/mol. The molecule has 1 rings (SSSR count). The normalized spacial score (nSPS) is 19.1. The highest BCUT2D eigenvalue weighted by molar-refractivity contribution is 5.59. The molecule has 0 amide bonds. The Labute approximate surface area is 100.0 Å². The van der Waals surface area contributed by atoms with Gasteiger partial charge in [-0.15, -0.1) is 0 Å². The fourth-order valence-corrected chi connectivity index (χ4v) is 1.64. The number of hydrogen-bond acceptors (Lipinski definition) is 5. The number of nitriles is 3. The van der Waals surface area contributed by atoms with E-state index in [1.54, 1.807) is 12.1 Å². The quantitative estimate of drug-likeness (QED) is 0.632. The van der Waals surface area contributed by atoms with Gasteiger partial charge in [-0.3, -0.25) is 0 Å². The van der Waals surface area contributed by atoms with Gasteiger partial charge in [0.25, 0.3) is 0 Å². The van der Waals surface area contributed by atoms with Crippen LogP contribution in [-0.2, 0) is 4.74 Å². The summed E-state index contributed by atoms with van der Waals surface area (Å²) in [5.74, 6) is -0.0228. The van der Waals surface area contributed by atoms with Crippen LogP contribution >= 0.6 is 0 Å². The zero-order chi connectivity index (χ0) is 13.2. The number of allylic oxidation sites excluding steroid dienone is 1. The predicted molar refractivity (Wildman–Crippen MR) is 59.4 cm³/mol. The summed E-state index contributed by atoms with van der Waals surface area (Å²) in [6.07, 6.45) is -0.550. The molecule has 0 spiro atoms. The van der Waals surface area contributed by atoms with Crippen LogP contribution in [0.1, 0.15) is 20.8 Å². The average Bonchev–Trinajstić information content (AvgIpc) is 2.57. The van der Waals surface area contributed by atoms with Crippen LogP contribution in [0.15, 0.2) is 22.6 Å². The molecule has 1 aliphatic heterocycles. The maximum atomic E-state index is 9.01. The summed E-state index contributed by atoms with van der Waals surface area (Å²) in [6.45, 7) is 5.66. The Balaban J connectivity index is 3.49. The molecule has 0 bridgehead atoms. The Kier molecular flexibility index (Phi) is 3.12. The third-order valence-corrected chi connectivity index (χ3v) is 2.41. The van der Waals surface area contributed by atoms with E-state index < -0.39 is 6.10 Å². The predicted octanol–water partition coefficient (Wildman–Crippen LogP) is 1.47. The Morgan fingerprint density at radius 2 is 1.76 bits per heavy atom. The second-order valence-corrected chi connectivity index (χ2v) is 4.73. The third kappa shape index (κ3) is 2.07. The van der Waals surface area contributed by atoms with E-state index in [4.69, 9.17) is 26.3 Å². The molecule has 0 saturated heterocycles. The van der Waals surface area contributed by atoms with Crippen molar-refractivity contribution in [3.8, 4) is 18.2 Å². The highest BCUT2D eigenvalue weighted by atomic mass is 16.5. The molecule has 0 aromatic carbocycles. The molecule has 1 aliphatic rings. The van der Waals surface area contributed by atoms with Gasteiger partial charge in [-0.25, -0.2) is 0 Å². The van der Waals surface area contributed by atoms with E-state index in [1.807, 2.05) is 26.8 Å². The van der Waals surface area contributed by atoms with Gasteiger partial charge in [0.15, 0.2) is 0 Å². The van der Waals surface area contributed by atoms with Crippen molar-refractivity contribution < 1.29 is 4.74 Å². The second-order valence-electron chi connectivity index (χ2n) is 4.73. The van der Waals surface area contributed by atoms with E-state index in [2.05, 4.69) is 0 Å². The van der Waals surface area contributed by atoms with Crippen molar-refractivity contribution in [2.75, 3.05) is 0 Å². The SMILES string of the molecule is CC(C)(C)[C@H]1OC(N)=C(C#N)C1=C(C#N)C#N. The van der Waals surface area contributed by atoms with Crippen LogP contribution < -0.4 is 5.73 Å². The van der Waals surface area contributed by atoms with Crippen LogP contribution in [0.5, 0.6) is 0 Å². The molecule has 2 N–H and O–H groups in total. The lowest BCUT2D eigenvalue weighted by atomic mass is 9.81. The summed E-state index contributed by atoms with van der Waals surface area (Å²) in [7, 11) is 0. The first-order valence-corrected chi connectivity index (χ1v) is 4.98. The molecule has 5 nitrogen and oxygen atoms in total. The maximum absolute atomic E-state index is 9.01. The van der Waals surface area contributed by atoms with E-state index in [0.717, 1.165) is 0 Å². The van der Waals surface area contributed by atoms with E-state index in [9.17, 15) is 0 Å². The largest absolute Gasteiger partial charge is 0.470 e. The lowest BCUT2D eigenvalue weighted by Gasteiger charge is -2.27. The van der Waals surface area contributed by atoms with Gasteiger partial charge in [-0.2, -0.15) is 15.8 Å². The topological polar surface area (TPSA) is 107 Å². The summed E-state index contributed by atoms with van der Waals surface area (Å²) in [5, 5.41) is 26.8. The fraction of sp³-hybridized carbons (Fsp3) is 0.417. The van der Waals surface area contributed by atoms with Gasteiger partial charge < -0.3 is 10.5 Å². The highest BCUT2D eigenvalue weighted by Gasteiger charge is 2.40. The summed E-state index contributed by atoms with van der Waals surface area (Å²) in [6, 6.07) is 5.44. The van der Waals surface area contributed by atoms with Gasteiger partial charge in [0.1, 0.15) is 35.5 Å². The van der Waals surface area contributed by atoms with E-state index in [0.29, 0.717) is 5.57 Å². The number of rotatable bonds is 0. The van der Waals surface area contributed by atoms with Crippen LogP contribution in [-0.4, -0.2) is 6.10 Å². The second kappa shape index (κ2) is 4.20. The molecule has 1 atom stereocenters. The van der Waals surface area contributed by atoms with Gasteiger partial charge in [0.05, 0.1) is 0 Å². The Hall–Kier alpha value is -2.45. The molecule has 0 aromatic rings. The van der Waals surface area contributed by atoms with E-state index >= 15 is 0 Å². The molecule has 0 unspecified atom stereocenters.